The minimum absolute atomic E-state index is 0.00423. The molecule has 0 aliphatic heterocycles. The van der Waals surface area contributed by atoms with Gasteiger partial charge in [0, 0.05) is 5.56 Å². The van der Waals surface area contributed by atoms with Crippen LogP contribution in [0.2, 0.25) is 0 Å². The molecule has 0 N–H and O–H groups in total. The number of carbonyl (C=O) groups is 1. The van der Waals surface area contributed by atoms with Crippen LogP contribution in [0.25, 0.3) is 11.4 Å². The molecule has 0 saturated heterocycles. The van der Waals surface area contributed by atoms with Crippen molar-refractivity contribution in [1.29, 1.82) is 0 Å². The van der Waals surface area contributed by atoms with E-state index in [0.717, 1.165) is 12.0 Å². The first-order chi connectivity index (χ1) is 7.33. The maximum Gasteiger partial charge on any atom is 0.291 e. The smallest absolute Gasteiger partial charge is 0.291 e. The summed E-state index contributed by atoms with van der Waals surface area (Å²) in [4.78, 5) is 14.3. The second kappa shape index (κ2) is 4.04. The summed E-state index contributed by atoms with van der Waals surface area (Å²) in [6.45, 7) is 2.09. The predicted octanol–water partition coefficient (Wildman–Crippen LogP) is 2.11. The van der Waals surface area contributed by atoms with Crippen LogP contribution in [0.4, 0.5) is 0 Å². The van der Waals surface area contributed by atoms with Crippen molar-refractivity contribution in [2.45, 2.75) is 13.3 Å². The van der Waals surface area contributed by atoms with Gasteiger partial charge < -0.3 is 4.52 Å². The zero-order valence-corrected chi connectivity index (χ0v) is 8.30. The van der Waals surface area contributed by atoms with Gasteiger partial charge in [0.2, 0.25) is 12.1 Å². The number of hydrogen-bond donors (Lipinski definition) is 0. The molecule has 0 amide bonds. The van der Waals surface area contributed by atoms with Crippen LogP contribution < -0.4 is 0 Å². The number of carbonyl (C=O) groups excluding carboxylic acids is 1. The standard InChI is InChI=1S/C11H10N2O2/c1-2-8-3-5-9(6-4-8)11-12-10(7-14)15-13-11/h3-7H,2H2,1H3. The molecule has 15 heavy (non-hydrogen) atoms. The lowest BCUT2D eigenvalue weighted by molar-refractivity contribution is 0.108. The Balaban J connectivity index is 2.32. The molecule has 0 saturated carbocycles. The third-order valence-corrected chi connectivity index (χ3v) is 2.16. The minimum Gasteiger partial charge on any atom is -0.331 e. The molecule has 76 valence electrons. The van der Waals surface area contributed by atoms with Crippen LogP contribution in [-0.4, -0.2) is 16.4 Å². The molecule has 0 aliphatic rings. The van der Waals surface area contributed by atoms with Crippen LogP contribution in [-0.2, 0) is 6.42 Å². The Morgan fingerprint density at radius 1 is 1.33 bits per heavy atom. The van der Waals surface area contributed by atoms with E-state index in [1.165, 1.54) is 5.56 Å². The maximum absolute atomic E-state index is 10.4. The second-order valence-corrected chi connectivity index (χ2v) is 3.12. The van der Waals surface area contributed by atoms with Crippen molar-refractivity contribution < 1.29 is 9.32 Å². The van der Waals surface area contributed by atoms with Gasteiger partial charge in [-0.2, -0.15) is 4.98 Å². The van der Waals surface area contributed by atoms with Gasteiger partial charge in [0.15, 0.2) is 0 Å². The van der Waals surface area contributed by atoms with Crippen LogP contribution in [0.5, 0.6) is 0 Å². The van der Waals surface area contributed by atoms with E-state index in [9.17, 15) is 4.79 Å². The van der Waals surface area contributed by atoms with Gasteiger partial charge in [-0.3, -0.25) is 4.79 Å². The monoisotopic (exact) mass is 202 g/mol. The Kier molecular flexibility index (Phi) is 2.58. The molecule has 0 fully saturated rings. The molecule has 0 unspecified atom stereocenters. The molecular formula is C11H10N2O2. The van der Waals surface area contributed by atoms with Crippen molar-refractivity contribution >= 4 is 6.29 Å². The summed E-state index contributed by atoms with van der Waals surface area (Å²) in [6.07, 6.45) is 1.53. The Bertz CT molecular complexity index is 460. The van der Waals surface area contributed by atoms with Crippen molar-refractivity contribution in [3.63, 3.8) is 0 Å². The van der Waals surface area contributed by atoms with Crippen molar-refractivity contribution in [3.8, 4) is 11.4 Å². The van der Waals surface area contributed by atoms with E-state index >= 15 is 0 Å². The van der Waals surface area contributed by atoms with Crippen LogP contribution in [0.15, 0.2) is 28.8 Å². The van der Waals surface area contributed by atoms with Crippen LogP contribution in [0.1, 0.15) is 23.2 Å². The van der Waals surface area contributed by atoms with Crippen LogP contribution >= 0.6 is 0 Å². The molecule has 0 atom stereocenters. The van der Waals surface area contributed by atoms with Crippen LogP contribution in [0, 0.1) is 0 Å². The maximum atomic E-state index is 10.4. The number of hydrogen-bond acceptors (Lipinski definition) is 4. The Labute approximate surface area is 86.9 Å². The highest BCUT2D eigenvalue weighted by molar-refractivity contribution is 5.68. The molecule has 4 nitrogen and oxygen atoms in total. The van der Waals surface area contributed by atoms with Crippen LogP contribution in [0.3, 0.4) is 0 Å². The molecule has 4 heteroatoms. The number of aldehydes is 1. The number of rotatable bonds is 3. The number of benzene rings is 1. The van der Waals surface area contributed by atoms with Gasteiger partial charge in [-0.1, -0.05) is 36.3 Å². The Morgan fingerprint density at radius 2 is 2.07 bits per heavy atom. The van der Waals surface area contributed by atoms with E-state index in [1.54, 1.807) is 0 Å². The van der Waals surface area contributed by atoms with Gasteiger partial charge in [0.05, 0.1) is 0 Å². The summed E-state index contributed by atoms with van der Waals surface area (Å²) in [7, 11) is 0. The van der Waals surface area contributed by atoms with Gasteiger partial charge >= 0.3 is 0 Å². The lowest BCUT2D eigenvalue weighted by atomic mass is 10.1. The largest absolute Gasteiger partial charge is 0.331 e. The molecule has 1 aromatic heterocycles. The summed E-state index contributed by atoms with van der Waals surface area (Å²) < 4.78 is 4.70. The summed E-state index contributed by atoms with van der Waals surface area (Å²) in [6, 6.07) is 7.84. The van der Waals surface area contributed by atoms with Gasteiger partial charge in [0.25, 0.3) is 5.89 Å². The molecule has 2 aromatic rings. The zero-order chi connectivity index (χ0) is 10.7. The van der Waals surface area contributed by atoms with E-state index in [-0.39, 0.29) is 5.89 Å². The summed E-state index contributed by atoms with van der Waals surface area (Å²) in [5, 5.41) is 3.70. The molecule has 0 bridgehead atoms. The summed E-state index contributed by atoms with van der Waals surface area (Å²) in [5.74, 6) is 0.448. The van der Waals surface area contributed by atoms with E-state index in [4.69, 9.17) is 4.52 Å². The summed E-state index contributed by atoms with van der Waals surface area (Å²) in [5.41, 5.74) is 2.10. The van der Waals surface area contributed by atoms with E-state index in [2.05, 4.69) is 17.1 Å². The number of nitrogens with zero attached hydrogens (tertiary/aromatic N) is 2. The van der Waals surface area contributed by atoms with Gasteiger partial charge in [0.1, 0.15) is 0 Å². The Hall–Kier alpha value is -1.97. The highest BCUT2D eigenvalue weighted by atomic mass is 16.5. The topological polar surface area (TPSA) is 56.0 Å². The first-order valence-electron chi connectivity index (χ1n) is 4.71. The molecule has 1 heterocycles. The molecule has 0 spiro atoms. The van der Waals surface area contributed by atoms with Crippen molar-refractivity contribution in [2.24, 2.45) is 0 Å². The highest BCUT2D eigenvalue weighted by Gasteiger charge is 2.06. The lowest BCUT2D eigenvalue weighted by Gasteiger charge is -1.96. The quantitative estimate of drug-likeness (QED) is 0.715. The molecule has 2 rings (SSSR count). The molecule has 0 radical (unpaired) electrons. The third-order valence-electron chi connectivity index (χ3n) is 2.16. The molecule has 1 aromatic carbocycles. The fourth-order valence-corrected chi connectivity index (χ4v) is 1.29. The van der Waals surface area contributed by atoms with E-state index in [1.807, 2.05) is 24.3 Å². The fraction of sp³-hybridized carbons (Fsp3) is 0.182. The van der Waals surface area contributed by atoms with Gasteiger partial charge in [-0.25, -0.2) is 0 Å². The average Bonchev–Trinajstić information content (AvgIpc) is 2.78. The second-order valence-electron chi connectivity index (χ2n) is 3.12. The van der Waals surface area contributed by atoms with Gasteiger partial charge in [-0.05, 0) is 12.0 Å². The zero-order valence-electron chi connectivity index (χ0n) is 8.30. The molecule has 0 aliphatic carbocycles. The van der Waals surface area contributed by atoms with Crippen molar-refractivity contribution in [1.82, 2.24) is 10.1 Å². The highest BCUT2D eigenvalue weighted by Crippen LogP contribution is 2.16. The number of aromatic nitrogens is 2. The SMILES string of the molecule is CCc1ccc(-c2noc(C=O)n2)cc1. The Morgan fingerprint density at radius 3 is 2.60 bits per heavy atom. The lowest BCUT2D eigenvalue weighted by Crippen LogP contribution is -1.84. The first-order valence-corrected chi connectivity index (χ1v) is 4.71. The fourth-order valence-electron chi connectivity index (χ4n) is 1.29. The minimum atomic E-state index is 0.00423. The first kappa shape index (κ1) is 9.58. The molecular weight excluding hydrogens is 192 g/mol. The predicted molar refractivity (Wildman–Crippen MR) is 54.5 cm³/mol. The van der Waals surface area contributed by atoms with Gasteiger partial charge in [-0.15, -0.1) is 0 Å². The number of aryl methyl sites for hydroxylation is 1. The van der Waals surface area contributed by atoms with Crippen molar-refractivity contribution in [3.05, 3.63) is 35.7 Å². The van der Waals surface area contributed by atoms with E-state index < -0.39 is 0 Å². The summed E-state index contributed by atoms with van der Waals surface area (Å²) >= 11 is 0. The normalized spacial score (nSPS) is 10.2. The third kappa shape index (κ3) is 1.93. The van der Waals surface area contributed by atoms with Crippen molar-refractivity contribution in [2.75, 3.05) is 0 Å². The average molecular weight is 202 g/mol. The van der Waals surface area contributed by atoms with E-state index in [0.29, 0.717) is 12.1 Å².